The molecule has 0 aliphatic carbocycles. The van der Waals surface area contributed by atoms with E-state index in [1.54, 1.807) is 0 Å². The summed E-state index contributed by atoms with van der Waals surface area (Å²) in [7, 11) is -3.23. The summed E-state index contributed by atoms with van der Waals surface area (Å²) in [5.74, 6) is 0.456. The van der Waals surface area contributed by atoms with Crippen LogP contribution in [0.2, 0.25) is 0 Å². The van der Waals surface area contributed by atoms with E-state index < -0.39 is 9.84 Å². The highest BCUT2D eigenvalue weighted by Gasteiger charge is 2.19. The van der Waals surface area contributed by atoms with Crippen LogP contribution < -0.4 is 5.73 Å². The van der Waals surface area contributed by atoms with Gasteiger partial charge in [0.2, 0.25) is 11.7 Å². The average Bonchev–Trinajstić information content (AvgIpc) is 2.85. The van der Waals surface area contributed by atoms with Gasteiger partial charge in [-0.15, -0.1) is 12.4 Å². The smallest absolute Gasteiger partial charge is 0.242 e. The van der Waals surface area contributed by atoms with Gasteiger partial charge in [0.05, 0.1) is 5.75 Å². The Labute approximate surface area is 136 Å². The molecule has 2 N–H and O–H groups in total. The van der Waals surface area contributed by atoms with E-state index in [1.807, 2.05) is 38.1 Å². The molecule has 0 spiro atoms. The Morgan fingerprint density at radius 3 is 2.41 bits per heavy atom. The molecule has 22 heavy (non-hydrogen) atoms. The summed E-state index contributed by atoms with van der Waals surface area (Å²) in [5.41, 5.74) is 7.30. The van der Waals surface area contributed by atoms with E-state index in [0.29, 0.717) is 12.4 Å². The quantitative estimate of drug-likeness (QED) is 0.861. The zero-order chi connectivity index (χ0) is 15.5. The van der Waals surface area contributed by atoms with E-state index in [1.165, 1.54) is 0 Å². The van der Waals surface area contributed by atoms with Crippen LogP contribution >= 0.6 is 12.4 Å². The second kappa shape index (κ2) is 7.71. The first-order valence-electron chi connectivity index (χ1n) is 6.72. The molecular formula is C14H20ClN3O3S. The monoisotopic (exact) mass is 345 g/mol. The van der Waals surface area contributed by atoms with Gasteiger partial charge in [0.25, 0.3) is 0 Å². The maximum absolute atomic E-state index is 11.9. The van der Waals surface area contributed by atoms with Crippen LogP contribution in [0.1, 0.15) is 25.3 Å². The number of hydrogen-bond acceptors (Lipinski definition) is 6. The predicted molar refractivity (Wildman–Crippen MR) is 87.2 cm³/mol. The van der Waals surface area contributed by atoms with Gasteiger partial charge in [0.1, 0.15) is 5.75 Å². The standard InChI is InChI=1S/C14H19N3O3S.ClH/c1-10(2)8-21(18,19)9-13-16-14(17-20-13)12-5-3-11(7-15)4-6-12;/h3-6,10H,7-9,15H2,1-2H3;1H. The molecule has 1 aromatic heterocycles. The number of rotatable bonds is 6. The molecule has 0 saturated heterocycles. The number of nitrogens with two attached hydrogens (primary N) is 1. The molecule has 2 aromatic rings. The molecule has 0 radical (unpaired) electrons. The van der Waals surface area contributed by atoms with Gasteiger partial charge in [-0.2, -0.15) is 4.98 Å². The van der Waals surface area contributed by atoms with E-state index in [9.17, 15) is 8.42 Å². The van der Waals surface area contributed by atoms with Crippen LogP contribution in [0.4, 0.5) is 0 Å². The van der Waals surface area contributed by atoms with Crippen molar-refractivity contribution < 1.29 is 12.9 Å². The van der Waals surface area contributed by atoms with E-state index >= 15 is 0 Å². The Hall–Kier alpha value is -1.44. The van der Waals surface area contributed by atoms with Crippen LogP contribution in [0, 0.1) is 5.92 Å². The Morgan fingerprint density at radius 2 is 1.86 bits per heavy atom. The van der Waals surface area contributed by atoms with Gasteiger partial charge in [-0.1, -0.05) is 43.3 Å². The van der Waals surface area contributed by atoms with Crippen LogP contribution in [-0.4, -0.2) is 24.3 Å². The van der Waals surface area contributed by atoms with Crippen molar-refractivity contribution in [1.29, 1.82) is 0 Å². The summed E-state index contributed by atoms with van der Waals surface area (Å²) >= 11 is 0. The second-order valence-corrected chi connectivity index (χ2v) is 7.47. The van der Waals surface area contributed by atoms with Crippen molar-refractivity contribution in [3.63, 3.8) is 0 Å². The van der Waals surface area contributed by atoms with Crippen LogP contribution in [-0.2, 0) is 22.1 Å². The topological polar surface area (TPSA) is 99.1 Å². The fourth-order valence-electron chi connectivity index (χ4n) is 1.98. The first-order chi connectivity index (χ1) is 9.89. The summed E-state index contributed by atoms with van der Waals surface area (Å²) in [6.45, 7) is 4.18. The lowest BCUT2D eigenvalue weighted by atomic mass is 10.1. The summed E-state index contributed by atoms with van der Waals surface area (Å²) in [4.78, 5) is 4.14. The minimum atomic E-state index is -3.23. The summed E-state index contributed by atoms with van der Waals surface area (Å²) in [6.07, 6.45) is 0. The molecule has 122 valence electrons. The molecule has 0 fully saturated rings. The molecule has 8 heteroatoms. The number of halogens is 1. The van der Waals surface area contributed by atoms with Crippen molar-refractivity contribution in [2.24, 2.45) is 11.7 Å². The van der Waals surface area contributed by atoms with Crippen molar-refractivity contribution in [1.82, 2.24) is 10.1 Å². The van der Waals surface area contributed by atoms with Gasteiger partial charge < -0.3 is 10.3 Å². The zero-order valence-corrected chi connectivity index (χ0v) is 14.2. The minimum Gasteiger partial charge on any atom is -0.338 e. The number of aromatic nitrogens is 2. The van der Waals surface area contributed by atoms with Crippen molar-refractivity contribution in [2.75, 3.05) is 5.75 Å². The van der Waals surface area contributed by atoms with Crippen LogP contribution in [0.3, 0.4) is 0 Å². The maximum atomic E-state index is 11.9. The van der Waals surface area contributed by atoms with Gasteiger partial charge in [0, 0.05) is 12.1 Å². The predicted octanol–water partition coefficient (Wildman–Crippen LogP) is 2.19. The summed E-state index contributed by atoms with van der Waals surface area (Å²) in [5, 5.41) is 3.82. The number of nitrogens with zero attached hydrogens (tertiary/aromatic N) is 2. The molecule has 0 amide bonds. The second-order valence-electron chi connectivity index (χ2n) is 5.36. The third kappa shape index (κ3) is 5.08. The SMILES string of the molecule is CC(C)CS(=O)(=O)Cc1nc(-c2ccc(CN)cc2)no1.Cl. The van der Waals surface area contributed by atoms with E-state index in [2.05, 4.69) is 10.1 Å². The first kappa shape index (κ1) is 18.6. The Bertz CT molecular complexity index is 696. The Kier molecular flexibility index (Phi) is 6.52. The van der Waals surface area contributed by atoms with Gasteiger partial charge >= 0.3 is 0 Å². The molecule has 0 bridgehead atoms. The fraction of sp³-hybridized carbons (Fsp3) is 0.429. The lowest BCUT2D eigenvalue weighted by Gasteiger charge is -2.03. The molecule has 0 atom stereocenters. The number of sulfone groups is 1. The molecule has 0 saturated carbocycles. The normalized spacial score (nSPS) is 11.5. The highest BCUT2D eigenvalue weighted by Crippen LogP contribution is 2.17. The molecule has 1 heterocycles. The number of benzene rings is 1. The van der Waals surface area contributed by atoms with E-state index in [4.69, 9.17) is 10.3 Å². The molecule has 0 unspecified atom stereocenters. The Morgan fingerprint density at radius 1 is 1.23 bits per heavy atom. The van der Waals surface area contributed by atoms with Gasteiger partial charge in [-0.3, -0.25) is 0 Å². The molecule has 2 rings (SSSR count). The lowest BCUT2D eigenvalue weighted by molar-refractivity contribution is 0.389. The van der Waals surface area contributed by atoms with E-state index in [0.717, 1.165) is 11.1 Å². The van der Waals surface area contributed by atoms with Crippen LogP contribution in [0.25, 0.3) is 11.4 Å². The minimum absolute atomic E-state index is 0. The van der Waals surface area contributed by atoms with Crippen molar-refractivity contribution in [3.8, 4) is 11.4 Å². The summed E-state index contributed by atoms with van der Waals surface area (Å²) < 4.78 is 28.8. The third-order valence-electron chi connectivity index (χ3n) is 2.85. The zero-order valence-electron chi connectivity index (χ0n) is 12.5. The molecule has 0 aliphatic heterocycles. The average molecular weight is 346 g/mol. The van der Waals surface area contributed by atoms with Crippen molar-refractivity contribution in [2.45, 2.75) is 26.1 Å². The van der Waals surface area contributed by atoms with Gasteiger partial charge in [0.15, 0.2) is 9.84 Å². The summed E-state index contributed by atoms with van der Waals surface area (Å²) in [6, 6.07) is 7.42. The fourth-order valence-corrected chi connectivity index (χ4v) is 3.60. The van der Waals surface area contributed by atoms with E-state index in [-0.39, 0.29) is 35.7 Å². The highest BCUT2D eigenvalue weighted by molar-refractivity contribution is 7.90. The molecule has 6 nitrogen and oxygen atoms in total. The van der Waals surface area contributed by atoms with Crippen LogP contribution in [0.5, 0.6) is 0 Å². The molecular weight excluding hydrogens is 326 g/mol. The largest absolute Gasteiger partial charge is 0.338 e. The van der Waals surface area contributed by atoms with Gasteiger partial charge in [-0.05, 0) is 11.5 Å². The lowest BCUT2D eigenvalue weighted by Crippen LogP contribution is -2.14. The van der Waals surface area contributed by atoms with Crippen LogP contribution in [0.15, 0.2) is 28.8 Å². The highest BCUT2D eigenvalue weighted by atomic mass is 35.5. The van der Waals surface area contributed by atoms with Crippen molar-refractivity contribution >= 4 is 22.2 Å². The third-order valence-corrected chi connectivity index (χ3v) is 4.71. The first-order valence-corrected chi connectivity index (χ1v) is 8.54. The number of hydrogen-bond donors (Lipinski definition) is 1. The van der Waals surface area contributed by atoms with Gasteiger partial charge in [-0.25, -0.2) is 8.42 Å². The Balaban J connectivity index is 0.00000242. The maximum Gasteiger partial charge on any atom is 0.242 e. The van der Waals surface area contributed by atoms with Crippen molar-refractivity contribution in [3.05, 3.63) is 35.7 Å². The molecule has 1 aromatic carbocycles. The molecule has 0 aliphatic rings.